The van der Waals surface area contributed by atoms with Gasteiger partial charge in [0.25, 0.3) is 5.91 Å². The fraction of sp³-hybridized carbons (Fsp3) is 0.269. The van der Waals surface area contributed by atoms with Gasteiger partial charge < -0.3 is 9.64 Å². The Balaban J connectivity index is 1.23. The van der Waals surface area contributed by atoms with E-state index in [4.69, 9.17) is 16.3 Å². The van der Waals surface area contributed by atoms with Crippen LogP contribution in [0, 0.1) is 5.82 Å². The number of likely N-dealkylation sites (tertiary alicyclic amines) is 2. The van der Waals surface area contributed by atoms with E-state index in [0.717, 1.165) is 30.1 Å². The SMILES string of the molecule is CC(c1ccccc1Cl)N1CC2CC1CN2C(=O)c1ccc(Oc2ccc(F)cc2)cc1. The Morgan fingerprint density at radius 2 is 1.62 bits per heavy atom. The Labute approximate surface area is 192 Å². The van der Waals surface area contributed by atoms with Gasteiger partial charge in [-0.2, -0.15) is 0 Å². The van der Waals surface area contributed by atoms with Crippen molar-refractivity contribution in [2.24, 2.45) is 0 Å². The Morgan fingerprint density at radius 1 is 0.969 bits per heavy atom. The monoisotopic (exact) mass is 450 g/mol. The van der Waals surface area contributed by atoms with Crippen molar-refractivity contribution < 1.29 is 13.9 Å². The molecule has 2 aliphatic rings. The minimum Gasteiger partial charge on any atom is -0.457 e. The van der Waals surface area contributed by atoms with Gasteiger partial charge in [-0.25, -0.2) is 4.39 Å². The van der Waals surface area contributed by atoms with E-state index in [-0.39, 0.29) is 23.8 Å². The zero-order valence-electron chi connectivity index (χ0n) is 17.7. The molecule has 6 heteroatoms. The molecule has 0 aliphatic carbocycles. The molecular weight excluding hydrogens is 427 g/mol. The molecule has 3 aromatic carbocycles. The van der Waals surface area contributed by atoms with Crippen LogP contribution >= 0.6 is 11.6 Å². The van der Waals surface area contributed by atoms with Crippen LogP contribution in [0.5, 0.6) is 11.5 Å². The van der Waals surface area contributed by atoms with Crippen molar-refractivity contribution in [3.05, 3.63) is 94.8 Å². The van der Waals surface area contributed by atoms with Crippen molar-refractivity contribution in [3.8, 4) is 11.5 Å². The maximum atomic E-state index is 13.1. The molecule has 2 fully saturated rings. The van der Waals surface area contributed by atoms with Gasteiger partial charge >= 0.3 is 0 Å². The molecule has 3 unspecified atom stereocenters. The Bertz CT molecular complexity index is 1120. The number of halogens is 2. The molecule has 5 rings (SSSR count). The summed E-state index contributed by atoms with van der Waals surface area (Å²) in [4.78, 5) is 17.6. The van der Waals surface area contributed by atoms with Gasteiger partial charge in [0, 0.05) is 41.8 Å². The highest BCUT2D eigenvalue weighted by atomic mass is 35.5. The molecule has 32 heavy (non-hydrogen) atoms. The predicted octanol–water partition coefficient (Wildman–Crippen LogP) is 5.93. The summed E-state index contributed by atoms with van der Waals surface area (Å²) in [7, 11) is 0. The van der Waals surface area contributed by atoms with Crippen LogP contribution in [0.2, 0.25) is 5.02 Å². The van der Waals surface area contributed by atoms with E-state index in [2.05, 4.69) is 17.9 Å². The molecule has 2 aliphatic heterocycles. The number of fused-ring (bicyclic) bond motifs is 2. The number of hydrogen-bond acceptors (Lipinski definition) is 3. The molecule has 2 bridgehead atoms. The Kier molecular flexibility index (Phi) is 5.62. The van der Waals surface area contributed by atoms with Crippen molar-refractivity contribution in [1.29, 1.82) is 0 Å². The summed E-state index contributed by atoms with van der Waals surface area (Å²) in [5, 5.41) is 0.790. The first kappa shape index (κ1) is 21.0. The first-order valence-electron chi connectivity index (χ1n) is 10.8. The van der Waals surface area contributed by atoms with E-state index in [1.165, 1.54) is 12.1 Å². The van der Waals surface area contributed by atoms with Gasteiger partial charge in [-0.3, -0.25) is 9.69 Å². The quantitative estimate of drug-likeness (QED) is 0.483. The molecule has 0 radical (unpaired) electrons. The zero-order valence-corrected chi connectivity index (χ0v) is 18.5. The van der Waals surface area contributed by atoms with E-state index in [0.29, 0.717) is 23.1 Å². The molecule has 0 spiro atoms. The van der Waals surface area contributed by atoms with Gasteiger partial charge in [0.1, 0.15) is 17.3 Å². The first-order chi connectivity index (χ1) is 15.5. The van der Waals surface area contributed by atoms with Crippen LogP contribution in [0.25, 0.3) is 0 Å². The minimum atomic E-state index is -0.307. The van der Waals surface area contributed by atoms with E-state index in [1.807, 2.05) is 23.1 Å². The lowest BCUT2D eigenvalue weighted by molar-refractivity contribution is 0.0569. The van der Waals surface area contributed by atoms with Gasteiger partial charge in [0.15, 0.2) is 0 Å². The van der Waals surface area contributed by atoms with Crippen molar-refractivity contribution >= 4 is 17.5 Å². The van der Waals surface area contributed by atoms with Crippen LogP contribution in [-0.2, 0) is 0 Å². The number of amides is 1. The molecule has 3 aromatic rings. The highest BCUT2D eigenvalue weighted by Crippen LogP contribution is 2.39. The van der Waals surface area contributed by atoms with Crippen LogP contribution in [0.3, 0.4) is 0 Å². The van der Waals surface area contributed by atoms with Gasteiger partial charge in [-0.15, -0.1) is 0 Å². The van der Waals surface area contributed by atoms with Crippen molar-refractivity contribution in [1.82, 2.24) is 9.80 Å². The fourth-order valence-electron chi connectivity index (χ4n) is 4.88. The Hall–Kier alpha value is -2.89. The topological polar surface area (TPSA) is 32.8 Å². The number of piperazine rings is 1. The second-order valence-corrected chi connectivity index (χ2v) is 8.88. The zero-order chi connectivity index (χ0) is 22.2. The van der Waals surface area contributed by atoms with Crippen molar-refractivity contribution in [2.45, 2.75) is 31.5 Å². The van der Waals surface area contributed by atoms with Crippen molar-refractivity contribution in [2.75, 3.05) is 13.1 Å². The molecule has 2 heterocycles. The fourth-order valence-corrected chi connectivity index (χ4v) is 5.18. The lowest BCUT2D eigenvalue weighted by Gasteiger charge is -2.38. The maximum Gasteiger partial charge on any atom is 0.254 e. The third-order valence-corrected chi connectivity index (χ3v) is 6.89. The summed E-state index contributed by atoms with van der Waals surface area (Å²) in [5.41, 5.74) is 1.78. The third kappa shape index (κ3) is 3.98. The summed E-state index contributed by atoms with van der Waals surface area (Å²) in [6.07, 6.45) is 0.992. The summed E-state index contributed by atoms with van der Waals surface area (Å²) in [5.74, 6) is 0.903. The first-order valence-corrected chi connectivity index (χ1v) is 11.2. The normalized spacial score (nSPS) is 21.0. The van der Waals surface area contributed by atoms with Crippen LogP contribution in [0.4, 0.5) is 4.39 Å². The van der Waals surface area contributed by atoms with E-state index >= 15 is 0 Å². The van der Waals surface area contributed by atoms with E-state index in [9.17, 15) is 9.18 Å². The smallest absolute Gasteiger partial charge is 0.254 e. The lowest BCUT2D eigenvalue weighted by atomic mass is 10.1. The average Bonchev–Trinajstić information content (AvgIpc) is 3.42. The van der Waals surface area contributed by atoms with Crippen LogP contribution < -0.4 is 4.74 Å². The number of rotatable bonds is 5. The summed E-state index contributed by atoms with van der Waals surface area (Å²) < 4.78 is 18.8. The number of nitrogens with zero attached hydrogens (tertiary/aromatic N) is 2. The number of carbonyl (C=O) groups is 1. The van der Waals surface area contributed by atoms with Crippen LogP contribution in [0.15, 0.2) is 72.8 Å². The van der Waals surface area contributed by atoms with Crippen LogP contribution in [-0.4, -0.2) is 40.9 Å². The molecular formula is C26H24ClFN2O2. The van der Waals surface area contributed by atoms with Gasteiger partial charge in [0.2, 0.25) is 0 Å². The molecule has 3 atom stereocenters. The van der Waals surface area contributed by atoms with Crippen LogP contribution in [0.1, 0.15) is 35.3 Å². The van der Waals surface area contributed by atoms with Gasteiger partial charge in [-0.1, -0.05) is 29.8 Å². The molecule has 0 saturated carbocycles. The number of ether oxygens (including phenoxy) is 1. The molecule has 0 aromatic heterocycles. The molecule has 0 N–H and O–H groups in total. The van der Waals surface area contributed by atoms with E-state index < -0.39 is 0 Å². The largest absolute Gasteiger partial charge is 0.457 e. The van der Waals surface area contributed by atoms with Gasteiger partial charge in [-0.05, 0) is 73.5 Å². The number of hydrogen-bond donors (Lipinski definition) is 0. The van der Waals surface area contributed by atoms with Gasteiger partial charge in [0.05, 0.1) is 0 Å². The average molecular weight is 451 g/mol. The lowest BCUT2D eigenvalue weighted by Crippen LogP contribution is -2.49. The highest BCUT2D eigenvalue weighted by molar-refractivity contribution is 6.31. The summed E-state index contributed by atoms with van der Waals surface area (Å²) >= 11 is 6.41. The minimum absolute atomic E-state index is 0.0517. The predicted molar refractivity (Wildman–Crippen MR) is 123 cm³/mol. The second-order valence-electron chi connectivity index (χ2n) is 8.48. The maximum absolute atomic E-state index is 13.1. The Morgan fingerprint density at radius 3 is 2.25 bits per heavy atom. The molecule has 4 nitrogen and oxygen atoms in total. The third-order valence-electron chi connectivity index (χ3n) is 6.55. The highest BCUT2D eigenvalue weighted by Gasteiger charge is 2.47. The molecule has 164 valence electrons. The second kappa shape index (κ2) is 8.57. The summed E-state index contributed by atoms with van der Waals surface area (Å²) in [6, 6.07) is 21.7. The number of carbonyl (C=O) groups excluding carboxylic acids is 1. The standard InChI is InChI=1S/C26H24ClFN2O2/c1-17(24-4-2-3-5-25(24)27)29-15-21-14-20(29)16-30(21)26(31)18-6-10-22(11-7-18)32-23-12-8-19(28)9-13-23/h2-13,17,20-21H,14-16H2,1H3. The number of benzene rings is 3. The van der Waals surface area contributed by atoms with Crippen molar-refractivity contribution in [3.63, 3.8) is 0 Å². The summed E-state index contributed by atoms with van der Waals surface area (Å²) in [6.45, 7) is 3.77. The molecule has 1 amide bonds. The molecule has 2 saturated heterocycles. The van der Waals surface area contributed by atoms with E-state index in [1.54, 1.807) is 36.4 Å².